The van der Waals surface area contributed by atoms with Crippen LogP contribution in [0.2, 0.25) is 10.0 Å². The predicted molar refractivity (Wildman–Crippen MR) is 95.5 cm³/mol. The molecule has 1 aromatic rings. The van der Waals surface area contributed by atoms with Crippen LogP contribution in [0.4, 0.5) is 0 Å². The summed E-state index contributed by atoms with van der Waals surface area (Å²) in [5.41, 5.74) is 5.26. The molecule has 3 N–H and O–H groups in total. The first-order valence-electron chi connectivity index (χ1n) is 7.01. The number of nitrogens with one attached hydrogen (secondary N) is 1. The standard InChI is InChI=1S/C15H18Cl2N2O4S/c1-8(13(18)20)23-15(22)12(5-6-24-2)19-14(21)10-4-3-9(16)7-11(10)17/h3-4,7-8,12H,5-6H2,1-2H3,(H2,18,20)(H,19,21)/t8-,12+/m1/s1. The number of primary amides is 1. The molecule has 0 aliphatic heterocycles. The minimum absolute atomic E-state index is 0.169. The van der Waals surface area contributed by atoms with Crippen molar-refractivity contribution in [2.24, 2.45) is 5.73 Å². The highest BCUT2D eigenvalue weighted by Crippen LogP contribution is 2.21. The Balaban J connectivity index is 2.86. The number of nitrogens with two attached hydrogens (primary N) is 1. The summed E-state index contributed by atoms with van der Waals surface area (Å²) < 4.78 is 4.97. The van der Waals surface area contributed by atoms with Crippen LogP contribution in [0.3, 0.4) is 0 Å². The first-order valence-corrected chi connectivity index (χ1v) is 9.16. The number of thioether (sulfide) groups is 1. The van der Waals surface area contributed by atoms with Gasteiger partial charge in [0, 0.05) is 5.02 Å². The van der Waals surface area contributed by atoms with Gasteiger partial charge in [0.15, 0.2) is 6.10 Å². The molecule has 0 fully saturated rings. The molecule has 0 unspecified atom stereocenters. The molecule has 1 rings (SSSR count). The molecule has 2 amide bonds. The second-order valence-corrected chi connectivity index (χ2v) is 6.74. The first kappa shape index (κ1) is 20.6. The van der Waals surface area contributed by atoms with Crippen molar-refractivity contribution in [1.29, 1.82) is 0 Å². The molecule has 0 bridgehead atoms. The van der Waals surface area contributed by atoms with Crippen LogP contribution in [-0.2, 0) is 14.3 Å². The lowest BCUT2D eigenvalue weighted by Gasteiger charge is -2.19. The van der Waals surface area contributed by atoms with Crippen LogP contribution in [0.15, 0.2) is 18.2 Å². The normalized spacial score (nSPS) is 13.0. The maximum Gasteiger partial charge on any atom is 0.329 e. The van der Waals surface area contributed by atoms with Gasteiger partial charge in [-0.25, -0.2) is 4.79 Å². The molecule has 1 aromatic carbocycles. The van der Waals surface area contributed by atoms with E-state index in [1.54, 1.807) is 0 Å². The fraction of sp³-hybridized carbons (Fsp3) is 0.400. The molecule has 9 heteroatoms. The minimum Gasteiger partial charge on any atom is -0.451 e. The van der Waals surface area contributed by atoms with Crippen molar-refractivity contribution in [3.63, 3.8) is 0 Å². The van der Waals surface area contributed by atoms with Gasteiger partial charge in [0.2, 0.25) is 0 Å². The fourth-order valence-corrected chi connectivity index (χ4v) is 2.67. The first-order chi connectivity index (χ1) is 11.3. The van der Waals surface area contributed by atoms with Gasteiger partial charge in [-0.2, -0.15) is 11.8 Å². The molecular formula is C15H18Cl2N2O4S. The van der Waals surface area contributed by atoms with E-state index in [9.17, 15) is 14.4 Å². The highest BCUT2D eigenvalue weighted by Gasteiger charge is 2.26. The Hall–Kier alpha value is -1.44. The van der Waals surface area contributed by atoms with Gasteiger partial charge in [-0.05, 0) is 43.6 Å². The van der Waals surface area contributed by atoms with Crippen LogP contribution in [0.1, 0.15) is 23.7 Å². The molecule has 0 heterocycles. The van der Waals surface area contributed by atoms with Crippen LogP contribution < -0.4 is 11.1 Å². The largest absolute Gasteiger partial charge is 0.451 e. The van der Waals surface area contributed by atoms with Crippen molar-refractivity contribution in [3.05, 3.63) is 33.8 Å². The molecule has 6 nitrogen and oxygen atoms in total. The van der Waals surface area contributed by atoms with Gasteiger partial charge in [0.25, 0.3) is 11.8 Å². The number of esters is 1. The van der Waals surface area contributed by atoms with E-state index in [-0.39, 0.29) is 10.6 Å². The smallest absolute Gasteiger partial charge is 0.329 e. The highest BCUT2D eigenvalue weighted by atomic mass is 35.5. The molecule has 0 aliphatic rings. The summed E-state index contributed by atoms with van der Waals surface area (Å²) in [6.07, 6.45) is 1.12. The SMILES string of the molecule is CSCC[C@H](NC(=O)c1ccc(Cl)cc1Cl)C(=O)O[C@H](C)C(N)=O. The zero-order chi connectivity index (χ0) is 18.3. The number of hydrogen-bond acceptors (Lipinski definition) is 5. The Morgan fingerprint density at radius 2 is 2.00 bits per heavy atom. The monoisotopic (exact) mass is 392 g/mol. The van der Waals surface area contributed by atoms with E-state index < -0.39 is 29.9 Å². The van der Waals surface area contributed by atoms with Crippen molar-refractivity contribution < 1.29 is 19.1 Å². The zero-order valence-electron chi connectivity index (χ0n) is 13.2. The number of carbonyl (C=O) groups is 3. The molecule has 0 aliphatic carbocycles. The lowest BCUT2D eigenvalue weighted by molar-refractivity contribution is -0.155. The third-order valence-electron chi connectivity index (χ3n) is 3.07. The molecule has 0 spiro atoms. The van der Waals surface area contributed by atoms with E-state index in [2.05, 4.69) is 5.32 Å². The van der Waals surface area contributed by atoms with Crippen molar-refractivity contribution in [3.8, 4) is 0 Å². The summed E-state index contributed by atoms with van der Waals surface area (Å²) in [6.45, 7) is 1.36. The number of ether oxygens (including phenoxy) is 1. The van der Waals surface area contributed by atoms with E-state index in [0.29, 0.717) is 17.2 Å². The third-order valence-corrected chi connectivity index (χ3v) is 4.26. The average molecular weight is 393 g/mol. The molecule has 24 heavy (non-hydrogen) atoms. The summed E-state index contributed by atoms with van der Waals surface area (Å²) in [6, 6.07) is 3.50. The summed E-state index contributed by atoms with van der Waals surface area (Å²) >= 11 is 13.3. The molecule has 0 saturated carbocycles. The van der Waals surface area contributed by atoms with Gasteiger partial charge in [-0.15, -0.1) is 0 Å². The highest BCUT2D eigenvalue weighted by molar-refractivity contribution is 7.98. The lowest BCUT2D eigenvalue weighted by atomic mass is 10.1. The van der Waals surface area contributed by atoms with Gasteiger partial charge in [-0.3, -0.25) is 9.59 Å². The molecule has 0 saturated heterocycles. The number of hydrogen-bond donors (Lipinski definition) is 2. The van der Waals surface area contributed by atoms with Crippen LogP contribution in [0, 0.1) is 0 Å². The average Bonchev–Trinajstić information content (AvgIpc) is 2.50. The summed E-state index contributed by atoms with van der Waals surface area (Å²) in [4.78, 5) is 35.5. The number of carbonyl (C=O) groups excluding carboxylic acids is 3. The van der Waals surface area contributed by atoms with Crippen LogP contribution in [0.5, 0.6) is 0 Å². The Bertz CT molecular complexity index is 627. The molecular weight excluding hydrogens is 375 g/mol. The van der Waals surface area contributed by atoms with Crippen molar-refractivity contribution in [2.75, 3.05) is 12.0 Å². The second kappa shape index (κ2) is 9.76. The van der Waals surface area contributed by atoms with E-state index in [0.717, 1.165) is 0 Å². The van der Waals surface area contributed by atoms with Gasteiger partial charge in [0.05, 0.1) is 10.6 Å². The molecule has 2 atom stereocenters. The van der Waals surface area contributed by atoms with Gasteiger partial charge < -0.3 is 15.8 Å². The Labute approximate surface area is 154 Å². The van der Waals surface area contributed by atoms with Crippen LogP contribution >= 0.6 is 35.0 Å². The second-order valence-electron chi connectivity index (χ2n) is 4.91. The molecule has 132 valence electrons. The number of rotatable bonds is 8. The Morgan fingerprint density at radius 1 is 1.33 bits per heavy atom. The van der Waals surface area contributed by atoms with Crippen molar-refractivity contribution in [2.45, 2.75) is 25.5 Å². The molecule has 0 radical (unpaired) electrons. The van der Waals surface area contributed by atoms with E-state index >= 15 is 0 Å². The van der Waals surface area contributed by atoms with Crippen molar-refractivity contribution >= 4 is 52.7 Å². The number of benzene rings is 1. The summed E-state index contributed by atoms with van der Waals surface area (Å²) in [5, 5.41) is 3.13. The maximum atomic E-state index is 12.3. The van der Waals surface area contributed by atoms with E-state index in [1.165, 1.54) is 36.9 Å². The maximum absolute atomic E-state index is 12.3. The Kier molecular flexibility index (Phi) is 8.38. The fourth-order valence-electron chi connectivity index (χ4n) is 1.71. The third kappa shape index (κ3) is 6.22. The van der Waals surface area contributed by atoms with E-state index in [1.807, 2.05) is 6.26 Å². The summed E-state index contributed by atoms with van der Waals surface area (Å²) in [5.74, 6) is -1.42. The van der Waals surface area contributed by atoms with Crippen LogP contribution in [0.25, 0.3) is 0 Å². The zero-order valence-corrected chi connectivity index (χ0v) is 15.5. The molecule has 0 aromatic heterocycles. The van der Waals surface area contributed by atoms with Gasteiger partial charge >= 0.3 is 5.97 Å². The topological polar surface area (TPSA) is 98.5 Å². The van der Waals surface area contributed by atoms with Crippen molar-refractivity contribution in [1.82, 2.24) is 5.32 Å². The Morgan fingerprint density at radius 3 is 2.54 bits per heavy atom. The van der Waals surface area contributed by atoms with Crippen LogP contribution in [-0.4, -0.2) is 41.9 Å². The minimum atomic E-state index is -1.08. The van der Waals surface area contributed by atoms with Gasteiger partial charge in [-0.1, -0.05) is 23.2 Å². The quantitative estimate of drug-likeness (QED) is 0.661. The number of halogens is 2. The van der Waals surface area contributed by atoms with E-state index in [4.69, 9.17) is 33.7 Å². The predicted octanol–water partition coefficient (Wildman–Crippen LogP) is 2.26. The summed E-state index contributed by atoms with van der Waals surface area (Å²) in [7, 11) is 0. The van der Waals surface area contributed by atoms with Gasteiger partial charge in [0.1, 0.15) is 6.04 Å². The lowest BCUT2D eigenvalue weighted by Crippen LogP contribution is -2.44. The number of amides is 2.